The van der Waals surface area contributed by atoms with Gasteiger partial charge in [0.25, 0.3) is 0 Å². The molecule has 1 saturated carbocycles. The molecule has 7 heteroatoms. The maximum Gasteiger partial charge on any atom is 0.239 e. The van der Waals surface area contributed by atoms with Gasteiger partial charge in [-0.2, -0.15) is 0 Å². The number of carbonyl (C=O) groups is 2. The monoisotopic (exact) mass is 312 g/mol. The summed E-state index contributed by atoms with van der Waals surface area (Å²) >= 11 is 1.24. The zero-order chi connectivity index (χ0) is 15.0. The summed E-state index contributed by atoms with van der Waals surface area (Å²) in [4.78, 5) is 25.1. The van der Waals surface area contributed by atoms with Gasteiger partial charge in [-0.1, -0.05) is 6.07 Å². The van der Waals surface area contributed by atoms with E-state index in [0.29, 0.717) is 0 Å². The van der Waals surface area contributed by atoms with Crippen molar-refractivity contribution in [3.8, 4) is 0 Å². The molecule has 1 heterocycles. The number of amides is 2. The summed E-state index contributed by atoms with van der Waals surface area (Å²) < 4.78 is 26.8. The minimum Gasteiger partial charge on any atom is -0.352 e. The Kier molecular flexibility index (Phi) is 3.84. The van der Waals surface area contributed by atoms with Crippen LogP contribution >= 0.6 is 11.8 Å². The molecule has 3 rings (SSSR count). The molecule has 2 aliphatic rings. The fourth-order valence-corrected chi connectivity index (χ4v) is 3.45. The fraction of sp³-hybridized carbons (Fsp3) is 0.429. The lowest BCUT2D eigenvalue weighted by atomic mass is 10.2. The summed E-state index contributed by atoms with van der Waals surface area (Å²) in [5, 5.41) is 2.22. The average Bonchev–Trinajstić information content (AvgIpc) is 3.16. The first-order valence-electron chi connectivity index (χ1n) is 6.70. The van der Waals surface area contributed by atoms with Crippen molar-refractivity contribution in [2.75, 3.05) is 12.3 Å². The molecular formula is C14H14F2N2O2S. The lowest BCUT2D eigenvalue weighted by molar-refractivity contribution is -0.133. The molecule has 2 fully saturated rings. The van der Waals surface area contributed by atoms with Crippen molar-refractivity contribution in [2.45, 2.75) is 24.3 Å². The Morgan fingerprint density at radius 2 is 2.14 bits per heavy atom. The summed E-state index contributed by atoms with van der Waals surface area (Å²) in [6.07, 6.45) is 1.93. The highest BCUT2D eigenvalue weighted by Crippen LogP contribution is 2.39. The van der Waals surface area contributed by atoms with E-state index >= 15 is 0 Å². The molecule has 2 amide bonds. The van der Waals surface area contributed by atoms with Crippen molar-refractivity contribution in [3.05, 3.63) is 35.4 Å². The standard InChI is InChI=1S/C14H14F2N2O2S/c15-8-1-4-10(11(16)5-8)14-18(13(20)7-21-14)6-12(19)17-9-2-3-9/h1,4-5,9,14H,2-3,6-7H2,(H,17,19)/t14-/m0/s1. The van der Waals surface area contributed by atoms with Crippen LogP contribution in [0.1, 0.15) is 23.8 Å². The Hall–Kier alpha value is -1.63. The number of hydrogen-bond donors (Lipinski definition) is 1. The smallest absolute Gasteiger partial charge is 0.239 e. The minimum atomic E-state index is -0.699. The lowest BCUT2D eigenvalue weighted by Crippen LogP contribution is -2.40. The van der Waals surface area contributed by atoms with E-state index in [9.17, 15) is 18.4 Å². The number of carbonyl (C=O) groups excluding carboxylic acids is 2. The first-order chi connectivity index (χ1) is 10.0. The first kappa shape index (κ1) is 14.3. The van der Waals surface area contributed by atoms with Crippen LogP contribution in [0.25, 0.3) is 0 Å². The molecule has 21 heavy (non-hydrogen) atoms. The Labute approximate surface area is 124 Å². The molecular weight excluding hydrogens is 298 g/mol. The number of thioether (sulfide) groups is 1. The number of halogens is 2. The number of rotatable bonds is 4. The maximum absolute atomic E-state index is 13.9. The number of nitrogens with zero attached hydrogens (tertiary/aromatic N) is 1. The Bertz CT molecular complexity index is 592. The molecule has 0 spiro atoms. The summed E-state index contributed by atoms with van der Waals surface area (Å²) in [5.41, 5.74) is 0.228. The van der Waals surface area contributed by atoms with Crippen LogP contribution in [0.2, 0.25) is 0 Å². The highest BCUT2D eigenvalue weighted by atomic mass is 32.2. The van der Waals surface area contributed by atoms with E-state index in [-0.39, 0.29) is 35.7 Å². The van der Waals surface area contributed by atoms with Crippen molar-refractivity contribution in [2.24, 2.45) is 0 Å². The predicted octanol–water partition coefficient (Wildman–Crippen LogP) is 1.82. The molecule has 4 nitrogen and oxygen atoms in total. The molecule has 112 valence electrons. The highest BCUT2D eigenvalue weighted by Gasteiger charge is 2.36. The van der Waals surface area contributed by atoms with Crippen LogP contribution < -0.4 is 5.32 Å². The summed E-state index contributed by atoms with van der Waals surface area (Å²) in [6.45, 7) is -0.0934. The highest BCUT2D eigenvalue weighted by molar-refractivity contribution is 8.00. The van der Waals surface area contributed by atoms with Gasteiger partial charge in [0, 0.05) is 17.7 Å². The van der Waals surface area contributed by atoms with E-state index in [4.69, 9.17) is 0 Å². The molecule has 1 saturated heterocycles. The number of benzene rings is 1. The Morgan fingerprint density at radius 3 is 2.81 bits per heavy atom. The van der Waals surface area contributed by atoms with Crippen molar-refractivity contribution in [1.29, 1.82) is 0 Å². The maximum atomic E-state index is 13.9. The SMILES string of the molecule is O=C(CN1C(=O)CS[C@H]1c1ccc(F)cc1F)NC1CC1. The van der Waals surface area contributed by atoms with Gasteiger partial charge >= 0.3 is 0 Å². The first-order valence-corrected chi connectivity index (χ1v) is 7.75. The normalized spacial score (nSPS) is 21.7. The van der Waals surface area contributed by atoms with Crippen LogP contribution in [0, 0.1) is 11.6 Å². The quantitative estimate of drug-likeness (QED) is 0.922. The third-order valence-electron chi connectivity index (χ3n) is 3.45. The zero-order valence-electron chi connectivity index (χ0n) is 11.1. The van der Waals surface area contributed by atoms with Gasteiger partial charge in [0.1, 0.15) is 23.6 Å². The van der Waals surface area contributed by atoms with Crippen molar-refractivity contribution < 1.29 is 18.4 Å². The van der Waals surface area contributed by atoms with Gasteiger partial charge in [0.05, 0.1) is 5.75 Å². The third-order valence-corrected chi connectivity index (χ3v) is 4.69. The fourth-order valence-electron chi connectivity index (χ4n) is 2.24. The van der Waals surface area contributed by atoms with Gasteiger partial charge in [0.2, 0.25) is 11.8 Å². The molecule has 1 aliphatic carbocycles. The van der Waals surface area contributed by atoms with Crippen molar-refractivity contribution in [3.63, 3.8) is 0 Å². The molecule has 1 aliphatic heterocycles. The van der Waals surface area contributed by atoms with Crippen LogP contribution in [0.3, 0.4) is 0 Å². The van der Waals surface area contributed by atoms with Crippen LogP contribution in [-0.2, 0) is 9.59 Å². The van der Waals surface area contributed by atoms with Gasteiger partial charge in [0.15, 0.2) is 0 Å². The average molecular weight is 312 g/mol. The zero-order valence-corrected chi connectivity index (χ0v) is 12.0. The van der Waals surface area contributed by atoms with Crippen LogP contribution in [-0.4, -0.2) is 35.1 Å². The van der Waals surface area contributed by atoms with Gasteiger partial charge in [-0.3, -0.25) is 9.59 Å². The number of nitrogens with one attached hydrogen (secondary N) is 1. The van der Waals surface area contributed by atoms with Crippen LogP contribution in [0.15, 0.2) is 18.2 Å². The molecule has 1 aromatic rings. The van der Waals surface area contributed by atoms with E-state index in [1.54, 1.807) is 0 Å². The minimum absolute atomic E-state index is 0.0934. The third kappa shape index (κ3) is 3.18. The topological polar surface area (TPSA) is 49.4 Å². The summed E-state index contributed by atoms with van der Waals surface area (Å²) in [5.74, 6) is -1.61. The molecule has 0 bridgehead atoms. The molecule has 1 aromatic carbocycles. The van der Waals surface area contributed by atoms with E-state index in [1.165, 1.54) is 22.7 Å². The van der Waals surface area contributed by atoms with E-state index in [1.807, 2.05) is 0 Å². The predicted molar refractivity (Wildman–Crippen MR) is 74.4 cm³/mol. The van der Waals surface area contributed by atoms with Crippen LogP contribution in [0.4, 0.5) is 8.78 Å². The van der Waals surface area contributed by atoms with Crippen molar-refractivity contribution >= 4 is 23.6 Å². The molecule has 0 radical (unpaired) electrons. The lowest BCUT2D eigenvalue weighted by Gasteiger charge is -2.24. The second kappa shape index (κ2) is 5.63. The molecule has 1 atom stereocenters. The molecule has 0 aromatic heterocycles. The van der Waals surface area contributed by atoms with Gasteiger partial charge in [-0.05, 0) is 18.9 Å². The van der Waals surface area contributed by atoms with Gasteiger partial charge in [-0.15, -0.1) is 11.8 Å². The Balaban J connectivity index is 1.76. The van der Waals surface area contributed by atoms with Crippen molar-refractivity contribution in [1.82, 2.24) is 10.2 Å². The summed E-state index contributed by atoms with van der Waals surface area (Å²) in [6, 6.07) is 3.49. The molecule has 0 unspecified atom stereocenters. The largest absolute Gasteiger partial charge is 0.352 e. The Morgan fingerprint density at radius 1 is 1.38 bits per heavy atom. The van der Waals surface area contributed by atoms with E-state index in [0.717, 1.165) is 25.0 Å². The summed E-state index contributed by atoms with van der Waals surface area (Å²) in [7, 11) is 0. The number of hydrogen-bond acceptors (Lipinski definition) is 3. The van der Waals surface area contributed by atoms with Gasteiger partial charge < -0.3 is 10.2 Å². The molecule has 1 N–H and O–H groups in total. The second-order valence-corrected chi connectivity index (χ2v) is 6.26. The van der Waals surface area contributed by atoms with Crippen LogP contribution in [0.5, 0.6) is 0 Å². The van der Waals surface area contributed by atoms with E-state index < -0.39 is 17.0 Å². The van der Waals surface area contributed by atoms with E-state index in [2.05, 4.69) is 5.32 Å². The second-order valence-electron chi connectivity index (χ2n) is 5.19. The van der Waals surface area contributed by atoms with Gasteiger partial charge in [-0.25, -0.2) is 8.78 Å².